The maximum Gasteiger partial charge on any atom is 0.256 e. The van der Waals surface area contributed by atoms with E-state index in [4.69, 9.17) is 0 Å². The fourth-order valence-electron chi connectivity index (χ4n) is 7.66. The summed E-state index contributed by atoms with van der Waals surface area (Å²) in [6.07, 6.45) is 8.42. The number of hydrogen-bond acceptors (Lipinski definition) is 3. The van der Waals surface area contributed by atoms with E-state index in [1.807, 2.05) is 22.6 Å². The highest BCUT2D eigenvalue weighted by Gasteiger charge is 2.50. The number of halogens is 4. The van der Waals surface area contributed by atoms with Crippen molar-refractivity contribution in [2.24, 2.45) is 29.6 Å². The third-order valence-electron chi connectivity index (χ3n) is 9.14. The Morgan fingerprint density at radius 3 is 2.31 bits per heavy atom. The van der Waals surface area contributed by atoms with Crippen LogP contribution in [0.5, 0.6) is 0 Å². The summed E-state index contributed by atoms with van der Waals surface area (Å²) in [7, 11) is 0. The van der Waals surface area contributed by atoms with Crippen molar-refractivity contribution in [2.45, 2.75) is 50.5 Å². The molecule has 0 radical (unpaired) electrons. The van der Waals surface area contributed by atoms with Crippen LogP contribution in [0, 0.1) is 50.6 Å². The molecule has 2 N–H and O–H groups in total. The Morgan fingerprint density at radius 2 is 1.67 bits per heavy atom. The number of anilines is 2. The number of aliphatic hydroxyl groups is 1. The van der Waals surface area contributed by atoms with Crippen LogP contribution in [0.4, 0.5) is 24.5 Å². The van der Waals surface area contributed by atoms with E-state index >= 15 is 0 Å². The van der Waals surface area contributed by atoms with Crippen molar-refractivity contribution >= 4 is 39.9 Å². The van der Waals surface area contributed by atoms with Gasteiger partial charge in [0.2, 0.25) is 0 Å². The zero-order valence-electron chi connectivity index (χ0n) is 20.0. The molecule has 36 heavy (non-hydrogen) atoms. The van der Waals surface area contributed by atoms with Crippen LogP contribution in [0.2, 0.25) is 0 Å². The summed E-state index contributed by atoms with van der Waals surface area (Å²) in [6.45, 7) is 0.324. The van der Waals surface area contributed by atoms with Crippen molar-refractivity contribution in [3.8, 4) is 0 Å². The number of carbonyl (C=O) groups excluding carboxylic acids is 1. The summed E-state index contributed by atoms with van der Waals surface area (Å²) >= 11 is 1.95. The van der Waals surface area contributed by atoms with E-state index in [0.29, 0.717) is 15.9 Å². The van der Waals surface area contributed by atoms with E-state index in [0.717, 1.165) is 36.2 Å². The van der Waals surface area contributed by atoms with E-state index in [2.05, 4.69) is 5.32 Å². The largest absolute Gasteiger partial charge is 0.386 e. The smallest absolute Gasteiger partial charge is 0.256 e. The lowest BCUT2D eigenvalue weighted by molar-refractivity contribution is -0.101. The van der Waals surface area contributed by atoms with Gasteiger partial charge in [0.15, 0.2) is 11.6 Å². The molecule has 1 aliphatic heterocycles. The molecule has 0 aromatic heterocycles. The van der Waals surface area contributed by atoms with Gasteiger partial charge in [-0.25, -0.2) is 13.2 Å². The highest BCUT2D eigenvalue weighted by molar-refractivity contribution is 14.1. The van der Waals surface area contributed by atoms with Gasteiger partial charge >= 0.3 is 0 Å². The minimum Gasteiger partial charge on any atom is -0.386 e. The summed E-state index contributed by atoms with van der Waals surface area (Å²) in [5.41, 5.74) is -1.48. The van der Waals surface area contributed by atoms with Gasteiger partial charge in [-0.3, -0.25) is 4.79 Å². The molecule has 0 spiro atoms. The molecule has 4 saturated carbocycles. The van der Waals surface area contributed by atoms with Crippen LogP contribution in [-0.4, -0.2) is 34.6 Å². The maximum absolute atomic E-state index is 14.7. The quantitative estimate of drug-likeness (QED) is 0.368. The molecule has 2 aromatic carbocycles. The van der Waals surface area contributed by atoms with Crippen LogP contribution < -0.4 is 5.32 Å². The molecule has 0 unspecified atom stereocenters. The number of carbonyl (C=O) groups is 1. The average Bonchev–Trinajstić information content (AvgIpc) is 2.80. The van der Waals surface area contributed by atoms with Gasteiger partial charge in [-0.05, 0) is 127 Å². The van der Waals surface area contributed by atoms with E-state index in [1.54, 1.807) is 6.07 Å². The molecule has 1 amide bonds. The Balaban J connectivity index is 1.13. The lowest BCUT2D eigenvalue weighted by Gasteiger charge is -2.55. The van der Waals surface area contributed by atoms with E-state index in [-0.39, 0.29) is 24.3 Å². The zero-order valence-corrected chi connectivity index (χ0v) is 22.1. The second kappa shape index (κ2) is 9.19. The molecule has 4 nitrogen and oxygen atoms in total. The molecule has 4 bridgehead atoms. The highest BCUT2D eigenvalue weighted by Crippen LogP contribution is 2.58. The molecule has 8 heteroatoms. The van der Waals surface area contributed by atoms with Crippen molar-refractivity contribution in [3.63, 3.8) is 0 Å². The molecule has 4 aliphatic carbocycles. The fraction of sp³-hybridized carbons (Fsp3) is 0.536. The normalized spacial score (nSPS) is 29.8. The first-order chi connectivity index (χ1) is 17.2. The topological polar surface area (TPSA) is 52.6 Å². The monoisotopic (exact) mass is 610 g/mol. The van der Waals surface area contributed by atoms with Crippen molar-refractivity contribution in [2.75, 3.05) is 18.4 Å². The highest BCUT2D eigenvalue weighted by atomic mass is 127. The van der Waals surface area contributed by atoms with Gasteiger partial charge < -0.3 is 15.3 Å². The first-order valence-electron chi connectivity index (χ1n) is 12.9. The summed E-state index contributed by atoms with van der Waals surface area (Å²) < 4.78 is 43.8. The molecule has 5 fully saturated rings. The van der Waals surface area contributed by atoms with Gasteiger partial charge in [-0.1, -0.05) is 0 Å². The molecule has 7 rings (SSSR count). The van der Waals surface area contributed by atoms with Crippen molar-refractivity contribution in [3.05, 3.63) is 56.9 Å². The van der Waals surface area contributed by atoms with Gasteiger partial charge in [0.05, 0.1) is 35.6 Å². The SMILES string of the molecule is O=C(c1ccc(F)c(F)c1Nc1ccc(I)cc1F)N1CC(O)(CCC2C3CC4CC(C3)CC2C4)C1. The zero-order chi connectivity index (χ0) is 25.2. The summed E-state index contributed by atoms with van der Waals surface area (Å²) in [6, 6.07) is 6.42. The number of nitrogens with one attached hydrogen (secondary N) is 1. The molecule has 1 saturated heterocycles. The summed E-state index contributed by atoms with van der Waals surface area (Å²) in [5.74, 6) is 0.574. The minimum atomic E-state index is -1.24. The molecule has 5 aliphatic rings. The fourth-order valence-corrected chi connectivity index (χ4v) is 8.11. The number of rotatable bonds is 6. The maximum atomic E-state index is 14.7. The van der Waals surface area contributed by atoms with Crippen LogP contribution >= 0.6 is 22.6 Å². The van der Waals surface area contributed by atoms with Crippen LogP contribution in [0.25, 0.3) is 0 Å². The number of hydrogen-bond donors (Lipinski definition) is 2. The standard InChI is InChI=1S/C28H30F3IN2O2/c29-22-3-2-21(26(25(22)31)33-24-4-1-19(32)12-23(24)30)27(35)34-13-28(36,14-34)6-5-20-17-8-15-7-16(10-17)11-18(20)9-15/h1-4,12,15-18,20,33,36H,5-11,13-14H2. The van der Waals surface area contributed by atoms with Crippen LogP contribution in [-0.2, 0) is 0 Å². The Bertz CT molecular complexity index is 1170. The Kier molecular flexibility index (Phi) is 6.26. The van der Waals surface area contributed by atoms with Crippen LogP contribution in [0.1, 0.15) is 55.3 Å². The van der Waals surface area contributed by atoms with Crippen molar-refractivity contribution in [1.82, 2.24) is 4.90 Å². The lowest BCUT2D eigenvalue weighted by Crippen LogP contribution is -2.63. The number of β-amino-alcohol motifs (C(OH)–C–C–N with tert-alkyl or cyclic N) is 1. The average molecular weight is 610 g/mol. The molecule has 192 valence electrons. The molecule has 2 aromatic rings. The number of likely N-dealkylation sites (tertiary alicyclic amines) is 1. The summed E-state index contributed by atoms with van der Waals surface area (Å²) in [4.78, 5) is 14.7. The third kappa shape index (κ3) is 4.42. The number of amides is 1. The lowest BCUT2D eigenvalue weighted by atomic mass is 9.51. The Labute approximate surface area is 222 Å². The van der Waals surface area contributed by atoms with Gasteiger partial charge in [0.1, 0.15) is 5.82 Å². The Morgan fingerprint density at radius 1 is 1.00 bits per heavy atom. The molecular formula is C28H30F3IN2O2. The molecular weight excluding hydrogens is 580 g/mol. The summed E-state index contributed by atoms with van der Waals surface area (Å²) in [5, 5.41) is 13.7. The molecule has 0 atom stereocenters. The van der Waals surface area contributed by atoms with E-state index in [9.17, 15) is 23.1 Å². The second-order valence-electron chi connectivity index (χ2n) is 11.6. The predicted octanol–water partition coefficient (Wildman–Crippen LogP) is 6.49. The van der Waals surface area contributed by atoms with Gasteiger partial charge in [0, 0.05) is 3.57 Å². The Hall–Kier alpha value is -1.81. The van der Waals surface area contributed by atoms with Crippen LogP contribution in [0.3, 0.4) is 0 Å². The minimum absolute atomic E-state index is 0.0512. The van der Waals surface area contributed by atoms with Crippen molar-refractivity contribution < 1.29 is 23.1 Å². The molecule has 1 heterocycles. The van der Waals surface area contributed by atoms with Gasteiger partial charge in [0.25, 0.3) is 5.91 Å². The number of nitrogens with zero attached hydrogens (tertiary/aromatic N) is 1. The van der Waals surface area contributed by atoms with Crippen LogP contribution in [0.15, 0.2) is 30.3 Å². The predicted molar refractivity (Wildman–Crippen MR) is 139 cm³/mol. The first-order valence-corrected chi connectivity index (χ1v) is 14.0. The van der Waals surface area contributed by atoms with Gasteiger partial charge in [-0.2, -0.15) is 0 Å². The third-order valence-corrected chi connectivity index (χ3v) is 9.81. The van der Waals surface area contributed by atoms with Crippen molar-refractivity contribution in [1.29, 1.82) is 0 Å². The van der Waals surface area contributed by atoms with E-state index < -0.39 is 34.6 Å². The second-order valence-corrected chi connectivity index (χ2v) is 12.8. The first kappa shape index (κ1) is 24.5. The van der Waals surface area contributed by atoms with E-state index in [1.165, 1.54) is 55.2 Å². The number of benzene rings is 2. The van der Waals surface area contributed by atoms with Gasteiger partial charge in [-0.15, -0.1) is 0 Å².